The molecule has 0 aromatic heterocycles. The van der Waals surface area contributed by atoms with Gasteiger partial charge in [0.1, 0.15) is 0 Å². The standard InChI is InChI=1S/C14H23NO/c1-10(2)14(9-16)15-8-13-6-5-11(3)7-12(13)4/h5-7,10,14-16H,8-9H2,1-4H3. The van der Waals surface area contributed by atoms with Crippen LogP contribution < -0.4 is 5.32 Å². The van der Waals surface area contributed by atoms with E-state index in [1.165, 1.54) is 16.7 Å². The molecule has 0 aliphatic carbocycles. The van der Waals surface area contributed by atoms with Crippen molar-refractivity contribution in [3.05, 3.63) is 34.9 Å². The largest absolute Gasteiger partial charge is 0.395 e. The second-order valence-corrected chi connectivity index (χ2v) is 4.84. The van der Waals surface area contributed by atoms with Gasteiger partial charge in [0.2, 0.25) is 0 Å². The third kappa shape index (κ3) is 3.62. The zero-order chi connectivity index (χ0) is 12.1. The van der Waals surface area contributed by atoms with E-state index in [-0.39, 0.29) is 12.6 Å². The van der Waals surface area contributed by atoms with E-state index in [0.717, 1.165) is 6.54 Å². The Hall–Kier alpha value is -0.860. The third-order valence-corrected chi connectivity index (χ3v) is 3.05. The summed E-state index contributed by atoms with van der Waals surface area (Å²) in [5, 5.41) is 12.6. The Morgan fingerprint density at radius 2 is 1.94 bits per heavy atom. The molecule has 0 amide bonds. The first-order valence-electron chi connectivity index (χ1n) is 5.95. The Labute approximate surface area is 98.7 Å². The molecule has 90 valence electrons. The minimum atomic E-state index is 0.181. The zero-order valence-electron chi connectivity index (χ0n) is 10.7. The molecule has 0 aliphatic heterocycles. The number of hydrogen-bond donors (Lipinski definition) is 2. The highest BCUT2D eigenvalue weighted by atomic mass is 16.3. The van der Waals surface area contributed by atoms with E-state index in [0.29, 0.717) is 5.92 Å². The van der Waals surface area contributed by atoms with Crippen LogP contribution in [0, 0.1) is 19.8 Å². The highest BCUT2D eigenvalue weighted by Crippen LogP contribution is 2.11. The molecule has 1 aromatic rings. The molecule has 0 heterocycles. The molecule has 2 nitrogen and oxygen atoms in total. The van der Waals surface area contributed by atoms with Crippen molar-refractivity contribution < 1.29 is 5.11 Å². The molecule has 1 rings (SSSR count). The molecule has 0 fully saturated rings. The quantitative estimate of drug-likeness (QED) is 0.800. The van der Waals surface area contributed by atoms with Crippen molar-refractivity contribution in [2.24, 2.45) is 5.92 Å². The first kappa shape index (κ1) is 13.2. The van der Waals surface area contributed by atoms with E-state index in [1.54, 1.807) is 0 Å². The monoisotopic (exact) mass is 221 g/mol. The number of nitrogens with one attached hydrogen (secondary N) is 1. The summed E-state index contributed by atoms with van der Waals surface area (Å²) >= 11 is 0. The van der Waals surface area contributed by atoms with Crippen molar-refractivity contribution in [1.82, 2.24) is 5.32 Å². The van der Waals surface area contributed by atoms with Crippen LogP contribution >= 0.6 is 0 Å². The van der Waals surface area contributed by atoms with Crippen molar-refractivity contribution in [2.75, 3.05) is 6.61 Å². The van der Waals surface area contributed by atoms with Crippen molar-refractivity contribution in [2.45, 2.75) is 40.3 Å². The van der Waals surface area contributed by atoms with Gasteiger partial charge in [-0.2, -0.15) is 0 Å². The summed E-state index contributed by atoms with van der Waals surface area (Å²) in [4.78, 5) is 0. The summed E-state index contributed by atoms with van der Waals surface area (Å²) in [6.07, 6.45) is 0. The summed E-state index contributed by atoms with van der Waals surface area (Å²) < 4.78 is 0. The number of aliphatic hydroxyl groups is 1. The third-order valence-electron chi connectivity index (χ3n) is 3.05. The van der Waals surface area contributed by atoms with E-state index in [9.17, 15) is 5.11 Å². The summed E-state index contributed by atoms with van der Waals surface area (Å²) in [6, 6.07) is 6.67. The fourth-order valence-electron chi connectivity index (χ4n) is 1.80. The van der Waals surface area contributed by atoms with Gasteiger partial charge in [-0.05, 0) is 30.9 Å². The van der Waals surface area contributed by atoms with Crippen LogP contribution in [0.5, 0.6) is 0 Å². The van der Waals surface area contributed by atoms with E-state index in [1.807, 2.05) is 0 Å². The van der Waals surface area contributed by atoms with Gasteiger partial charge in [0.25, 0.3) is 0 Å². The Morgan fingerprint density at radius 1 is 1.25 bits per heavy atom. The number of aliphatic hydroxyl groups excluding tert-OH is 1. The lowest BCUT2D eigenvalue weighted by Gasteiger charge is -2.20. The predicted molar refractivity (Wildman–Crippen MR) is 68.5 cm³/mol. The fourth-order valence-corrected chi connectivity index (χ4v) is 1.80. The second-order valence-electron chi connectivity index (χ2n) is 4.84. The summed E-state index contributed by atoms with van der Waals surface area (Å²) in [7, 11) is 0. The van der Waals surface area contributed by atoms with E-state index >= 15 is 0 Å². The van der Waals surface area contributed by atoms with Gasteiger partial charge in [0.15, 0.2) is 0 Å². The minimum Gasteiger partial charge on any atom is -0.395 e. The molecule has 2 heteroatoms. The topological polar surface area (TPSA) is 32.3 Å². The lowest BCUT2D eigenvalue weighted by atomic mass is 10.0. The highest BCUT2D eigenvalue weighted by molar-refractivity contribution is 5.30. The first-order valence-corrected chi connectivity index (χ1v) is 5.95. The molecule has 0 bridgehead atoms. The normalized spacial score (nSPS) is 13.1. The summed E-state index contributed by atoms with van der Waals surface area (Å²) in [5.41, 5.74) is 3.92. The summed E-state index contributed by atoms with van der Waals surface area (Å²) in [6.45, 7) is 9.51. The number of rotatable bonds is 5. The smallest absolute Gasteiger partial charge is 0.0587 e. The molecule has 1 aromatic carbocycles. The molecule has 0 saturated heterocycles. The molecule has 2 N–H and O–H groups in total. The predicted octanol–water partition coefficient (Wildman–Crippen LogP) is 2.41. The second kappa shape index (κ2) is 6.02. The number of benzene rings is 1. The van der Waals surface area contributed by atoms with Crippen molar-refractivity contribution in [3.8, 4) is 0 Å². The van der Waals surface area contributed by atoms with Crippen LogP contribution in [0.25, 0.3) is 0 Å². The molecular formula is C14H23NO. The van der Waals surface area contributed by atoms with E-state index in [4.69, 9.17) is 0 Å². The summed E-state index contributed by atoms with van der Waals surface area (Å²) in [5.74, 6) is 0.454. The molecule has 16 heavy (non-hydrogen) atoms. The van der Waals surface area contributed by atoms with Gasteiger partial charge in [0.05, 0.1) is 6.61 Å². The van der Waals surface area contributed by atoms with Crippen molar-refractivity contribution in [1.29, 1.82) is 0 Å². The van der Waals surface area contributed by atoms with Crippen molar-refractivity contribution >= 4 is 0 Å². The van der Waals surface area contributed by atoms with Gasteiger partial charge in [-0.15, -0.1) is 0 Å². The van der Waals surface area contributed by atoms with Gasteiger partial charge in [0, 0.05) is 12.6 Å². The lowest BCUT2D eigenvalue weighted by Crippen LogP contribution is -2.36. The zero-order valence-corrected chi connectivity index (χ0v) is 10.7. The molecule has 0 saturated carbocycles. The number of hydrogen-bond acceptors (Lipinski definition) is 2. The average molecular weight is 221 g/mol. The Kier molecular flexibility index (Phi) is 4.97. The highest BCUT2D eigenvalue weighted by Gasteiger charge is 2.11. The van der Waals surface area contributed by atoms with Crippen LogP contribution in [0.2, 0.25) is 0 Å². The molecular weight excluding hydrogens is 198 g/mol. The van der Waals surface area contributed by atoms with Crippen LogP contribution in [0.1, 0.15) is 30.5 Å². The van der Waals surface area contributed by atoms with Gasteiger partial charge in [-0.25, -0.2) is 0 Å². The first-order chi connectivity index (χ1) is 7.54. The van der Waals surface area contributed by atoms with Gasteiger partial charge in [-0.3, -0.25) is 0 Å². The lowest BCUT2D eigenvalue weighted by molar-refractivity contribution is 0.210. The van der Waals surface area contributed by atoms with E-state index < -0.39 is 0 Å². The number of aryl methyl sites for hydroxylation is 2. The fraction of sp³-hybridized carbons (Fsp3) is 0.571. The van der Waals surface area contributed by atoms with Crippen LogP contribution in [0.4, 0.5) is 0 Å². The molecule has 1 atom stereocenters. The van der Waals surface area contributed by atoms with Crippen LogP contribution in [-0.4, -0.2) is 17.8 Å². The van der Waals surface area contributed by atoms with Gasteiger partial charge < -0.3 is 10.4 Å². The van der Waals surface area contributed by atoms with Crippen LogP contribution in [0.15, 0.2) is 18.2 Å². The maximum absolute atomic E-state index is 9.23. The van der Waals surface area contributed by atoms with Gasteiger partial charge in [-0.1, -0.05) is 37.6 Å². The molecule has 0 spiro atoms. The Balaban J connectivity index is 2.60. The van der Waals surface area contributed by atoms with Crippen molar-refractivity contribution in [3.63, 3.8) is 0 Å². The molecule has 0 radical (unpaired) electrons. The minimum absolute atomic E-state index is 0.181. The average Bonchev–Trinajstić information content (AvgIpc) is 2.21. The maximum Gasteiger partial charge on any atom is 0.0587 e. The Morgan fingerprint density at radius 3 is 2.44 bits per heavy atom. The SMILES string of the molecule is Cc1ccc(CNC(CO)C(C)C)c(C)c1. The molecule has 1 unspecified atom stereocenters. The van der Waals surface area contributed by atoms with Crippen LogP contribution in [-0.2, 0) is 6.54 Å². The maximum atomic E-state index is 9.23. The Bertz CT molecular complexity index is 334. The van der Waals surface area contributed by atoms with E-state index in [2.05, 4.69) is 51.2 Å². The van der Waals surface area contributed by atoms with Gasteiger partial charge >= 0.3 is 0 Å². The van der Waals surface area contributed by atoms with Crippen LogP contribution in [0.3, 0.4) is 0 Å². The molecule has 0 aliphatic rings.